The normalized spacial score (nSPS) is 10.2. The third kappa shape index (κ3) is 3.23. The fourth-order valence-electron chi connectivity index (χ4n) is 1.68. The summed E-state index contributed by atoms with van der Waals surface area (Å²) in [6.45, 7) is 0.191. The molecule has 2 rings (SSSR count). The Labute approximate surface area is 114 Å². The Balaban J connectivity index is 2.06. The second-order valence-corrected chi connectivity index (χ2v) is 4.09. The highest BCUT2D eigenvalue weighted by molar-refractivity contribution is 5.94. The smallest absolute Gasteiger partial charge is 0.337 e. The van der Waals surface area contributed by atoms with Crippen LogP contribution in [0.3, 0.4) is 0 Å². The van der Waals surface area contributed by atoms with Crippen LogP contribution < -0.4 is 10.5 Å². The van der Waals surface area contributed by atoms with Crippen molar-refractivity contribution in [2.75, 3.05) is 12.3 Å². The van der Waals surface area contributed by atoms with Gasteiger partial charge in [-0.15, -0.1) is 0 Å². The molecule has 0 amide bonds. The highest BCUT2D eigenvalue weighted by atomic mass is 19.1. The van der Waals surface area contributed by atoms with Crippen LogP contribution in [0.1, 0.15) is 16.1 Å². The van der Waals surface area contributed by atoms with Crippen molar-refractivity contribution in [3.8, 4) is 5.75 Å². The van der Waals surface area contributed by atoms with Crippen LogP contribution in [0.15, 0.2) is 36.5 Å². The van der Waals surface area contributed by atoms with E-state index in [2.05, 4.69) is 4.98 Å². The summed E-state index contributed by atoms with van der Waals surface area (Å²) in [6.07, 6.45) is 2.15. The van der Waals surface area contributed by atoms with E-state index in [0.717, 1.165) is 17.8 Å². The topological polar surface area (TPSA) is 85.4 Å². The Morgan fingerprint density at radius 3 is 2.85 bits per heavy atom. The summed E-state index contributed by atoms with van der Waals surface area (Å²) in [5.41, 5.74) is 5.92. The maximum Gasteiger partial charge on any atom is 0.337 e. The molecule has 2 aromatic rings. The number of hydrogen-bond acceptors (Lipinski definition) is 4. The number of rotatable bonds is 5. The Bertz CT molecular complexity index is 617. The first-order chi connectivity index (χ1) is 9.58. The van der Waals surface area contributed by atoms with E-state index in [1.54, 1.807) is 12.3 Å². The van der Waals surface area contributed by atoms with Crippen molar-refractivity contribution in [1.82, 2.24) is 4.98 Å². The van der Waals surface area contributed by atoms with Gasteiger partial charge in [0, 0.05) is 30.1 Å². The fourth-order valence-corrected chi connectivity index (χ4v) is 1.68. The Kier molecular flexibility index (Phi) is 4.14. The van der Waals surface area contributed by atoms with Gasteiger partial charge in [-0.25, -0.2) is 9.18 Å². The number of aromatic nitrogens is 1. The van der Waals surface area contributed by atoms with Crippen LogP contribution in [0.4, 0.5) is 10.1 Å². The van der Waals surface area contributed by atoms with Crippen LogP contribution in [0.2, 0.25) is 0 Å². The number of halogens is 1. The quantitative estimate of drug-likeness (QED) is 0.817. The van der Waals surface area contributed by atoms with E-state index >= 15 is 0 Å². The van der Waals surface area contributed by atoms with Gasteiger partial charge in [-0.3, -0.25) is 4.98 Å². The maximum atomic E-state index is 13.6. The van der Waals surface area contributed by atoms with Crippen molar-refractivity contribution in [3.63, 3.8) is 0 Å². The van der Waals surface area contributed by atoms with Gasteiger partial charge in [0.05, 0.1) is 12.2 Å². The molecule has 0 radical (unpaired) electrons. The SMILES string of the molecule is Nc1cc(F)c(OCCc2ccccn2)cc1C(=O)O. The van der Waals surface area contributed by atoms with E-state index in [4.69, 9.17) is 15.6 Å². The summed E-state index contributed by atoms with van der Waals surface area (Å²) in [5.74, 6) is -2.04. The van der Waals surface area contributed by atoms with Crippen LogP contribution >= 0.6 is 0 Å². The molecule has 0 fully saturated rings. The molecular weight excluding hydrogens is 263 g/mol. The number of nitrogen functional groups attached to an aromatic ring is 1. The Hall–Kier alpha value is -2.63. The standard InChI is InChI=1S/C14H13FN2O3/c15-11-8-12(16)10(14(18)19)7-13(11)20-6-4-9-3-1-2-5-17-9/h1-3,5,7-8H,4,6,16H2,(H,18,19). The molecule has 20 heavy (non-hydrogen) atoms. The number of nitrogens with two attached hydrogens (primary N) is 1. The fraction of sp³-hybridized carbons (Fsp3) is 0.143. The van der Waals surface area contributed by atoms with E-state index in [0.29, 0.717) is 6.42 Å². The van der Waals surface area contributed by atoms with Crippen LogP contribution in [-0.2, 0) is 6.42 Å². The van der Waals surface area contributed by atoms with Crippen molar-refractivity contribution in [3.05, 3.63) is 53.6 Å². The van der Waals surface area contributed by atoms with Gasteiger partial charge in [0.2, 0.25) is 0 Å². The number of aromatic carboxylic acids is 1. The first kappa shape index (κ1) is 13.8. The Morgan fingerprint density at radius 2 is 2.20 bits per heavy atom. The first-order valence-electron chi connectivity index (χ1n) is 5.93. The highest BCUT2D eigenvalue weighted by Gasteiger charge is 2.14. The lowest BCUT2D eigenvalue weighted by Gasteiger charge is -2.09. The van der Waals surface area contributed by atoms with Crippen LogP contribution in [0.25, 0.3) is 0 Å². The van der Waals surface area contributed by atoms with E-state index in [1.807, 2.05) is 12.1 Å². The van der Waals surface area contributed by atoms with Crippen molar-refractivity contribution in [2.45, 2.75) is 6.42 Å². The van der Waals surface area contributed by atoms with Gasteiger partial charge in [-0.05, 0) is 18.2 Å². The summed E-state index contributed by atoms with van der Waals surface area (Å²) in [5, 5.41) is 8.92. The number of carboxylic acids is 1. The molecule has 0 spiro atoms. The largest absolute Gasteiger partial charge is 0.490 e. The van der Waals surface area contributed by atoms with E-state index < -0.39 is 11.8 Å². The van der Waals surface area contributed by atoms with Crippen LogP contribution in [0.5, 0.6) is 5.75 Å². The zero-order chi connectivity index (χ0) is 14.5. The molecule has 0 aliphatic rings. The first-order valence-corrected chi connectivity index (χ1v) is 5.93. The van der Waals surface area contributed by atoms with Gasteiger partial charge in [-0.1, -0.05) is 6.07 Å². The molecule has 0 unspecified atom stereocenters. The molecule has 0 aliphatic heterocycles. The van der Waals surface area contributed by atoms with Crippen molar-refractivity contribution >= 4 is 11.7 Å². The van der Waals surface area contributed by atoms with Gasteiger partial charge < -0.3 is 15.6 Å². The predicted molar refractivity (Wildman–Crippen MR) is 71.2 cm³/mol. The molecule has 0 atom stereocenters. The van der Waals surface area contributed by atoms with E-state index in [9.17, 15) is 9.18 Å². The van der Waals surface area contributed by atoms with Gasteiger partial charge in [0.15, 0.2) is 11.6 Å². The number of nitrogens with zero attached hydrogens (tertiary/aromatic N) is 1. The molecule has 0 aliphatic carbocycles. The minimum atomic E-state index is -1.22. The molecular formula is C14H13FN2O3. The Morgan fingerprint density at radius 1 is 1.40 bits per heavy atom. The lowest BCUT2D eigenvalue weighted by Crippen LogP contribution is -2.07. The molecule has 3 N–H and O–H groups in total. The molecule has 0 bridgehead atoms. The molecule has 1 aromatic carbocycles. The summed E-state index contributed by atoms with van der Waals surface area (Å²) in [6, 6.07) is 7.49. The zero-order valence-electron chi connectivity index (χ0n) is 10.5. The summed E-state index contributed by atoms with van der Waals surface area (Å²) >= 11 is 0. The molecule has 0 saturated carbocycles. The number of carboxylic acid groups (broad SMARTS) is 1. The van der Waals surface area contributed by atoms with Gasteiger partial charge in [0.25, 0.3) is 0 Å². The van der Waals surface area contributed by atoms with Crippen molar-refractivity contribution < 1.29 is 19.0 Å². The van der Waals surface area contributed by atoms with Gasteiger partial charge in [-0.2, -0.15) is 0 Å². The highest BCUT2D eigenvalue weighted by Crippen LogP contribution is 2.24. The summed E-state index contributed by atoms with van der Waals surface area (Å²) < 4.78 is 18.9. The molecule has 6 heteroatoms. The zero-order valence-corrected chi connectivity index (χ0v) is 10.5. The lowest BCUT2D eigenvalue weighted by atomic mass is 10.1. The number of ether oxygens (including phenoxy) is 1. The van der Waals surface area contributed by atoms with Crippen molar-refractivity contribution in [2.24, 2.45) is 0 Å². The lowest BCUT2D eigenvalue weighted by molar-refractivity contribution is 0.0697. The number of anilines is 1. The van der Waals surface area contributed by atoms with E-state index in [1.165, 1.54) is 0 Å². The monoisotopic (exact) mass is 276 g/mol. The third-order valence-corrected chi connectivity index (χ3v) is 2.68. The minimum absolute atomic E-state index is 0.132. The van der Waals surface area contributed by atoms with Crippen molar-refractivity contribution in [1.29, 1.82) is 0 Å². The number of carbonyl (C=O) groups is 1. The average Bonchev–Trinajstić information content (AvgIpc) is 2.42. The van der Waals surface area contributed by atoms with E-state index in [-0.39, 0.29) is 23.6 Å². The van der Waals surface area contributed by atoms with Gasteiger partial charge >= 0.3 is 5.97 Å². The molecule has 104 valence electrons. The second kappa shape index (κ2) is 6.01. The molecule has 1 heterocycles. The third-order valence-electron chi connectivity index (χ3n) is 2.68. The average molecular weight is 276 g/mol. The number of pyridine rings is 1. The second-order valence-electron chi connectivity index (χ2n) is 4.09. The number of benzene rings is 1. The summed E-state index contributed by atoms with van der Waals surface area (Å²) in [4.78, 5) is 15.0. The van der Waals surface area contributed by atoms with Crippen LogP contribution in [-0.4, -0.2) is 22.7 Å². The number of hydrogen-bond donors (Lipinski definition) is 2. The predicted octanol–water partition coefficient (Wildman–Crippen LogP) is 2.12. The van der Waals surface area contributed by atoms with Crippen LogP contribution in [0, 0.1) is 5.82 Å². The maximum absolute atomic E-state index is 13.6. The minimum Gasteiger partial charge on any atom is -0.490 e. The molecule has 5 nitrogen and oxygen atoms in total. The molecule has 1 aromatic heterocycles. The van der Waals surface area contributed by atoms with Gasteiger partial charge in [0.1, 0.15) is 0 Å². The molecule has 0 saturated heterocycles. The summed E-state index contributed by atoms with van der Waals surface area (Å²) in [7, 11) is 0.